The van der Waals surface area contributed by atoms with Crippen molar-refractivity contribution in [1.82, 2.24) is 9.97 Å². The molecule has 4 N–H and O–H groups in total. The first kappa shape index (κ1) is 12.2. The van der Waals surface area contributed by atoms with Gasteiger partial charge in [-0.15, -0.1) is 0 Å². The highest BCUT2D eigenvalue weighted by atomic mass is 16.1. The maximum Gasteiger partial charge on any atom is 0.225 e. The van der Waals surface area contributed by atoms with Gasteiger partial charge in [-0.3, -0.25) is 4.79 Å². The van der Waals surface area contributed by atoms with Gasteiger partial charge in [-0.25, -0.2) is 4.98 Å². The van der Waals surface area contributed by atoms with Gasteiger partial charge in [-0.2, -0.15) is 0 Å². The standard InChI is InChI=1S/C13H16N4O/c14-11-4-5-12(16-9-11)17-13(18)3-1-2-10-6-7-15-8-10/h4-9,15H,1-3,14H2,(H,16,17,18). The molecule has 0 unspecified atom stereocenters. The van der Waals surface area contributed by atoms with Gasteiger partial charge in [-0.1, -0.05) is 0 Å². The molecule has 0 bridgehead atoms. The Bertz CT molecular complexity index is 490. The van der Waals surface area contributed by atoms with Gasteiger partial charge in [0.05, 0.1) is 11.9 Å². The fourth-order valence-electron chi connectivity index (χ4n) is 1.65. The van der Waals surface area contributed by atoms with E-state index in [2.05, 4.69) is 15.3 Å². The van der Waals surface area contributed by atoms with Crippen LogP contribution in [0, 0.1) is 0 Å². The summed E-state index contributed by atoms with van der Waals surface area (Å²) in [7, 11) is 0. The summed E-state index contributed by atoms with van der Waals surface area (Å²) in [6, 6.07) is 5.42. The third kappa shape index (κ3) is 3.62. The van der Waals surface area contributed by atoms with Crippen molar-refractivity contribution < 1.29 is 4.79 Å². The Morgan fingerprint density at radius 1 is 1.39 bits per heavy atom. The number of nitrogen functional groups attached to an aromatic ring is 1. The number of hydrogen-bond acceptors (Lipinski definition) is 3. The molecule has 0 radical (unpaired) electrons. The van der Waals surface area contributed by atoms with Gasteiger partial charge in [0.2, 0.25) is 5.91 Å². The quantitative estimate of drug-likeness (QED) is 0.751. The summed E-state index contributed by atoms with van der Waals surface area (Å²) >= 11 is 0. The van der Waals surface area contributed by atoms with Crippen LogP contribution < -0.4 is 11.1 Å². The van der Waals surface area contributed by atoms with Crippen molar-refractivity contribution >= 4 is 17.4 Å². The number of carbonyl (C=O) groups is 1. The second-order valence-electron chi connectivity index (χ2n) is 4.10. The summed E-state index contributed by atoms with van der Waals surface area (Å²) in [5, 5.41) is 2.74. The van der Waals surface area contributed by atoms with Crippen molar-refractivity contribution in [3.05, 3.63) is 42.4 Å². The number of aromatic amines is 1. The van der Waals surface area contributed by atoms with E-state index < -0.39 is 0 Å². The van der Waals surface area contributed by atoms with E-state index in [0.717, 1.165) is 12.8 Å². The molecule has 0 aliphatic carbocycles. The minimum Gasteiger partial charge on any atom is -0.397 e. The zero-order chi connectivity index (χ0) is 12.8. The van der Waals surface area contributed by atoms with Crippen molar-refractivity contribution in [1.29, 1.82) is 0 Å². The second-order valence-corrected chi connectivity index (χ2v) is 4.10. The molecule has 2 rings (SSSR count). The number of nitrogens with one attached hydrogen (secondary N) is 2. The molecule has 5 heteroatoms. The highest BCUT2D eigenvalue weighted by Gasteiger charge is 2.03. The van der Waals surface area contributed by atoms with Gasteiger partial charge in [0, 0.05) is 18.8 Å². The Labute approximate surface area is 105 Å². The van der Waals surface area contributed by atoms with Gasteiger partial charge in [0.1, 0.15) is 5.82 Å². The van der Waals surface area contributed by atoms with Crippen molar-refractivity contribution in [3.8, 4) is 0 Å². The van der Waals surface area contributed by atoms with Crippen LogP contribution in [0.5, 0.6) is 0 Å². The van der Waals surface area contributed by atoms with E-state index in [0.29, 0.717) is 17.9 Å². The minimum atomic E-state index is -0.0252. The number of hydrogen-bond donors (Lipinski definition) is 3. The number of nitrogens with two attached hydrogens (primary N) is 1. The zero-order valence-corrected chi connectivity index (χ0v) is 10.0. The fraction of sp³-hybridized carbons (Fsp3) is 0.231. The van der Waals surface area contributed by atoms with Gasteiger partial charge in [0.25, 0.3) is 0 Å². The smallest absolute Gasteiger partial charge is 0.225 e. The van der Waals surface area contributed by atoms with E-state index in [9.17, 15) is 4.79 Å². The SMILES string of the molecule is Nc1ccc(NC(=O)CCCc2cc[nH]c2)nc1. The highest BCUT2D eigenvalue weighted by molar-refractivity contribution is 5.89. The van der Waals surface area contributed by atoms with Crippen LogP contribution in [0.25, 0.3) is 0 Å². The molecule has 0 aliphatic heterocycles. The molecule has 2 aromatic rings. The Kier molecular flexibility index (Phi) is 3.96. The van der Waals surface area contributed by atoms with Crippen LogP contribution in [0.3, 0.4) is 0 Å². The summed E-state index contributed by atoms with van der Waals surface area (Å²) in [6.07, 6.45) is 7.55. The Morgan fingerprint density at radius 3 is 2.94 bits per heavy atom. The maximum atomic E-state index is 11.6. The number of amides is 1. The predicted octanol–water partition coefficient (Wildman–Crippen LogP) is 1.95. The van der Waals surface area contributed by atoms with E-state index in [1.54, 1.807) is 12.1 Å². The van der Waals surface area contributed by atoms with E-state index in [4.69, 9.17) is 5.73 Å². The highest BCUT2D eigenvalue weighted by Crippen LogP contribution is 2.08. The number of anilines is 2. The van der Waals surface area contributed by atoms with Crippen LogP contribution >= 0.6 is 0 Å². The van der Waals surface area contributed by atoms with Crippen LogP contribution in [0.15, 0.2) is 36.8 Å². The topological polar surface area (TPSA) is 83.8 Å². The normalized spacial score (nSPS) is 10.2. The Hall–Kier alpha value is -2.30. The molecule has 1 amide bonds. The van der Waals surface area contributed by atoms with Gasteiger partial charge >= 0.3 is 0 Å². The summed E-state index contributed by atoms with van der Waals surface area (Å²) in [6.45, 7) is 0. The zero-order valence-electron chi connectivity index (χ0n) is 10.0. The van der Waals surface area contributed by atoms with Crippen LogP contribution in [0.1, 0.15) is 18.4 Å². The number of rotatable bonds is 5. The summed E-state index contributed by atoms with van der Waals surface area (Å²) in [5.74, 6) is 0.513. The number of aromatic nitrogens is 2. The fourth-order valence-corrected chi connectivity index (χ4v) is 1.65. The van der Waals surface area contributed by atoms with Gasteiger partial charge in [0.15, 0.2) is 0 Å². The van der Waals surface area contributed by atoms with Gasteiger partial charge in [-0.05, 0) is 36.6 Å². The summed E-state index contributed by atoms with van der Waals surface area (Å²) in [4.78, 5) is 18.6. The van der Waals surface area contributed by atoms with Crippen molar-refractivity contribution in [3.63, 3.8) is 0 Å². The third-order valence-corrected chi connectivity index (χ3v) is 2.59. The van der Waals surface area contributed by atoms with E-state index in [1.807, 2.05) is 18.5 Å². The third-order valence-electron chi connectivity index (χ3n) is 2.59. The molecule has 0 spiro atoms. The Morgan fingerprint density at radius 2 is 2.28 bits per heavy atom. The first-order chi connectivity index (χ1) is 8.74. The van der Waals surface area contributed by atoms with Crippen LogP contribution in [0.4, 0.5) is 11.5 Å². The largest absolute Gasteiger partial charge is 0.397 e. The first-order valence-electron chi connectivity index (χ1n) is 5.87. The minimum absolute atomic E-state index is 0.0252. The lowest BCUT2D eigenvalue weighted by Crippen LogP contribution is -2.12. The van der Waals surface area contributed by atoms with Crippen molar-refractivity contribution in [2.75, 3.05) is 11.1 Å². The molecule has 94 valence electrons. The van der Waals surface area contributed by atoms with Crippen LogP contribution in [-0.4, -0.2) is 15.9 Å². The number of pyridine rings is 1. The molecule has 0 fully saturated rings. The molecule has 5 nitrogen and oxygen atoms in total. The molecule has 18 heavy (non-hydrogen) atoms. The molecule has 0 aliphatic rings. The van der Waals surface area contributed by atoms with Crippen LogP contribution in [-0.2, 0) is 11.2 Å². The first-order valence-corrected chi connectivity index (χ1v) is 5.87. The predicted molar refractivity (Wildman–Crippen MR) is 71.0 cm³/mol. The summed E-state index contributed by atoms with van der Waals surface area (Å²) < 4.78 is 0. The van der Waals surface area contributed by atoms with E-state index in [-0.39, 0.29) is 5.91 Å². The number of carbonyl (C=O) groups excluding carboxylic acids is 1. The molecule has 0 saturated heterocycles. The van der Waals surface area contributed by atoms with Crippen molar-refractivity contribution in [2.24, 2.45) is 0 Å². The van der Waals surface area contributed by atoms with Crippen LogP contribution in [0.2, 0.25) is 0 Å². The monoisotopic (exact) mass is 244 g/mol. The number of aryl methyl sites for hydroxylation is 1. The average Bonchev–Trinajstić information content (AvgIpc) is 2.85. The number of nitrogens with zero attached hydrogens (tertiary/aromatic N) is 1. The molecule has 0 atom stereocenters. The Balaban J connectivity index is 1.73. The molecule has 2 aromatic heterocycles. The lowest BCUT2D eigenvalue weighted by atomic mass is 10.1. The number of H-pyrrole nitrogens is 1. The lowest BCUT2D eigenvalue weighted by molar-refractivity contribution is -0.116. The average molecular weight is 244 g/mol. The van der Waals surface area contributed by atoms with E-state index in [1.165, 1.54) is 11.8 Å². The molecular weight excluding hydrogens is 228 g/mol. The summed E-state index contributed by atoms with van der Waals surface area (Å²) in [5.41, 5.74) is 7.31. The maximum absolute atomic E-state index is 11.6. The second kappa shape index (κ2) is 5.86. The molecule has 0 saturated carbocycles. The molecule has 2 heterocycles. The lowest BCUT2D eigenvalue weighted by Gasteiger charge is -2.04. The van der Waals surface area contributed by atoms with Crippen molar-refractivity contribution in [2.45, 2.75) is 19.3 Å². The van der Waals surface area contributed by atoms with Gasteiger partial charge < -0.3 is 16.0 Å². The molecule has 0 aromatic carbocycles. The molecular formula is C13H16N4O. The van der Waals surface area contributed by atoms with E-state index >= 15 is 0 Å².